The van der Waals surface area contributed by atoms with E-state index in [2.05, 4.69) is 14.5 Å². The molecule has 1 aromatic rings. The molecular weight excluding hydrogens is 275 g/mol. The van der Waals surface area contributed by atoms with Gasteiger partial charge in [-0.3, -0.25) is 4.98 Å². The highest BCUT2D eigenvalue weighted by atomic mass is 19.4. The summed E-state index contributed by atoms with van der Waals surface area (Å²) in [6.07, 6.45) is -8.29. The maximum absolute atomic E-state index is 12.8. The molecule has 0 amide bonds. The van der Waals surface area contributed by atoms with Crippen molar-refractivity contribution in [3.05, 3.63) is 17.5 Å². The number of halogens is 5. The molecule has 0 aliphatic rings. The highest BCUT2D eigenvalue weighted by Crippen LogP contribution is 2.40. The third-order valence-electron chi connectivity index (χ3n) is 2.00. The third kappa shape index (κ3) is 3.67. The van der Waals surface area contributed by atoms with E-state index >= 15 is 0 Å². The Morgan fingerprint density at radius 3 is 2.47 bits per heavy atom. The van der Waals surface area contributed by atoms with Crippen molar-refractivity contribution in [2.24, 2.45) is 0 Å². The lowest BCUT2D eigenvalue weighted by molar-refractivity contribution is -0.275. The number of nitriles is 1. The summed E-state index contributed by atoms with van der Waals surface area (Å²) in [5.41, 5.74) is -1.27. The van der Waals surface area contributed by atoms with Gasteiger partial charge in [-0.25, -0.2) is 8.78 Å². The summed E-state index contributed by atoms with van der Waals surface area (Å²) in [5.74, 6) is -1.74. The van der Waals surface area contributed by atoms with Gasteiger partial charge in [-0.2, -0.15) is 5.26 Å². The summed E-state index contributed by atoms with van der Waals surface area (Å²) in [6, 6.07) is 1.64. The van der Waals surface area contributed by atoms with Crippen LogP contribution in [0.1, 0.15) is 17.7 Å². The normalized spacial score (nSPS) is 11.3. The number of hydrogen-bond acceptors (Lipinski definition) is 4. The number of hydrogen-bond donors (Lipinski definition) is 0. The van der Waals surface area contributed by atoms with E-state index < -0.39 is 29.9 Å². The van der Waals surface area contributed by atoms with Gasteiger partial charge >= 0.3 is 6.36 Å². The van der Waals surface area contributed by atoms with Crippen LogP contribution in [0.5, 0.6) is 11.5 Å². The fraction of sp³-hybridized carbons (Fsp3) is 0.400. The van der Waals surface area contributed by atoms with Gasteiger partial charge in [0.05, 0.1) is 31.5 Å². The van der Waals surface area contributed by atoms with E-state index in [-0.39, 0.29) is 12.1 Å². The van der Waals surface area contributed by atoms with E-state index in [1.807, 2.05) is 0 Å². The van der Waals surface area contributed by atoms with Crippen LogP contribution in [0, 0.1) is 11.3 Å². The number of aromatic nitrogens is 1. The van der Waals surface area contributed by atoms with Gasteiger partial charge in [0.15, 0.2) is 11.5 Å². The van der Waals surface area contributed by atoms with Gasteiger partial charge in [0.25, 0.3) is 6.43 Å². The van der Waals surface area contributed by atoms with Crippen LogP contribution in [0.4, 0.5) is 22.0 Å². The molecule has 1 heterocycles. The average Bonchev–Trinajstić information content (AvgIpc) is 2.28. The standard InChI is InChI=1S/C10H7F5N2O2/c1-18-8-5(2-3-16)17-4-6(7(8)9(11)12)19-10(13,14)15/h4,9H,2H2,1H3. The molecular formula is C10H7F5N2O2. The van der Waals surface area contributed by atoms with Crippen molar-refractivity contribution >= 4 is 0 Å². The van der Waals surface area contributed by atoms with Gasteiger partial charge in [-0.05, 0) is 0 Å². The molecule has 9 heteroatoms. The predicted molar refractivity (Wildman–Crippen MR) is 51.7 cm³/mol. The minimum Gasteiger partial charge on any atom is -0.494 e. The molecule has 0 saturated heterocycles. The summed E-state index contributed by atoms with van der Waals surface area (Å²) in [6.45, 7) is 0. The Bertz CT molecular complexity index is 496. The van der Waals surface area contributed by atoms with Crippen molar-refractivity contribution in [2.45, 2.75) is 19.2 Å². The van der Waals surface area contributed by atoms with Gasteiger partial charge < -0.3 is 9.47 Å². The van der Waals surface area contributed by atoms with Crippen molar-refractivity contribution in [1.29, 1.82) is 5.26 Å². The minimum atomic E-state index is -5.13. The van der Waals surface area contributed by atoms with Crippen LogP contribution in [0.2, 0.25) is 0 Å². The molecule has 0 aromatic carbocycles. The highest BCUT2D eigenvalue weighted by molar-refractivity contribution is 5.47. The Labute approximate surface area is 104 Å². The second-order valence-corrected chi connectivity index (χ2v) is 3.20. The summed E-state index contributed by atoms with van der Waals surface area (Å²) >= 11 is 0. The molecule has 0 fully saturated rings. The zero-order valence-electron chi connectivity index (χ0n) is 9.46. The largest absolute Gasteiger partial charge is 0.573 e. The number of ether oxygens (including phenoxy) is 2. The Kier molecular flexibility index (Phi) is 4.47. The Morgan fingerprint density at radius 2 is 2.05 bits per heavy atom. The molecule has 0 atom stereocenters. The Morgan fingerprint density at radius 1 is 1.42 bits per heavy atom. The number of pyridine rings is 1. The van der Waals surface area contributed by atoms with Crippen LogP contribution in [-0.4, -0.2) is 18.5 Å². The van der Waals surface area contributed by atoms with E-state index in [0.29, 0.717) is 6.20 Å². The van der Waals surface area contributed by atoms with Gasteiger partial charge in [0.1, 0.15) is 5.56 Å². The van der Waals surface area contributed by atoms with Gasteiger partial charge in [0, 0.05) is 0 Å². The molecule has 0 saturated carbocycles. The molecule has 0 spiro atoms. The summed E-state index contributed by atoms with van der Waals surface area (Å²) in [4.78, 5) is 3.46. The monoisotopic (exact) mass is 282 g/mol. The maximum atomic E-state index is 12.8. The Balaban J connectivity index is 3.38. The van der Waals surface area contributed by atoms with Crippen LogP contribution in [0.3, 0.4) is 0 Å². The molecule has 0 N–H and O–H groups in total. The second-order valence-electron chi connectivity index (χ2n) is 3.20. The minimum absolute atomic E-state index is 0.185. The number of alkyl halides is 5. The first-order valence-corrected chi connectivity index (χ1v) is 4.76. The molecule has 1 rings (SSSR count). The molecule has 0 aliphatic carbocycles. The van der Waals surface area contributed by atoms with Gasteiger partial charge in [-0.1, -0.05) is 0 Å². The van der Waals surface area contributed by atoms with Crippen molar-refractivity contribution in [3.63, 3.8) is 0 Å². The quantitative estimate of drug-likeness (QED) is 0.797. The van der Waals surface area contributed by atoms with Gasteiger partial charge in [-0.15, -0.1) is 13.2 Å². The van der Waals surface area contributed by atoms with Crippen LogP contribution >= 0.6 is 0 Å². The fourth-order valence-electron chi connectivity index (χ4n) is 1.37. The third-order valence-corrected chi connectivity index (χ3v) is 2.00. The number of nitrogens with zero attached hydrogens (tertiary/aromatic N) is 2. The van der Waals surface area contributed by atoms with Crippen LogP contribution in [-0.2, 0) is 6.42 Å². The van der Waals surface area contributed by atoms with E-state index in [0.717, 1.165) is 7.11 Å². The molecule has 104 valence electrons. The van der Waals surface area contributed by atoms with Crippen LogP contribution in [0.25, 0.3) is 0 Å². The Hall–Kier alpha value is -2.11. The average molecular weight is 282 g/mol. The van der Waals surface area contributed by atoms with E-state index in [1.165, 1.54) is 0 Å². The molecule has 0 aliphatic heterocycles. The lowest BCUT2D eigenvalue weighted by Crippen LogP contribution is -2.19. The molecule has 0 unspecified atom stereocenters. The summed E-state index contributed by atoms with van der Waals surface area (Å²) < 4.78 is 70.0. The van der Waals surface area contributed by atoms with Crippen molar-refractivity contribution in [2.75, 3.05) is 7.11 Å². The second kappa shape index (κ2) is 5.69. The van der Waals surface area contributed by atoms with E-state index in [4.69, 9.17) is 5.26 Å². The SMILES string of the molecule is COc1c(CC#N)ncc(OC(F)(F)F)c1C(F)F. The van der Waals surface area contributed by atoms with Gasteiger partial charge in [0.2, 0.25) is 0 Å². The number of methoxy groups -OCH3 is 1. The molecule has 0 radical (unpaired) electrons. The van der Waals surface area contributed by atoms with Crippen LogP contribution in [0.15, 0.2) is 6.20 Å². The zero-order valence-corrected chi connectivity index (χ0v) is 9.46. The first kappa shape index (κ1) is 14.9. The molecule has 4 nitrogen and oxygen atoms in total. The van der Waals surface area contributed by atoms with Crippen LogP contribution < -0.4 is 9.47 Å². The number of rotatable bonds is 4. The van der Waals surface area contributed by atoms with Crippen molar-refractivity contribution in [1.82, 2.24) is 4.98 Å². The first-order chi connectivity index (χ1) is 8.80. The highest BCUT2D eigenvalue weighted by Gasteiger charge is 2.35. The molecule has 19 heavy (non-hydrogen) atoms. The van der Waals surface area contributed by atoms with Crippen molar-refractivity contribution in [3.8, 4) is 17.6 Å². The lowest BCUT2D eigenvalue weighted by atomic mass is 10.1. The van der Waals surface area contributed by atoms with E-state index in [9.17, 15) is 22.0 Å². The zero-order chi connectivity index (χ0) is 14.6. The fourth-order valence-corrected chi connectivity index (χ4v) is 1.37. The lowest BCUT2D eigenvalue weighted by Gasteiger charge is -2.16. The summed E-state index contributed by atoms with van der Waals surface area (Å²) in [7, 11) is 0.987. The maximum Gasteiger partial charge on any atom is 0.573 e. The van der Waals surface area contributed by atoms with Crippen molar-refractivity contribution < 1.29 is 31.4 Å². The first-order valence-electron chi connectivity index (χ1n) is 4.76. The smallest absolute Gasteiger partial charge is 0.494 e. The molecule has 0 bridgehead atoms. The molecule has 1 aromatic heterocycles. The summed E-state index contributed by atoms with van der Waals surface area (Å²) in [5, 5.41) is 8.48. The topological polar surface area (TPSA) is 55.1 Å². The predicted octanol–water partition coefficient (Wildman–Crippen LogP) is 2.99. The van der Waals surface area contributed by atoms with E-state index in [1.54, 1.807) is 6.07 Å².